The van der Waals surface area contributed by atoms with Crippen molar-refractivity contribution in [2.45, 2.75) is 24.0 Å². The van der Waals surface area contributed by atoms with Crippen molar-refractivity contribution in [1.29, 1.82) is 0 Å². The molecule has 1 aromatic carbocycles. The number of hydrogen-bond donors (Lipinski definition) is 1. The Labute approximate surface area is 122 Å². The van der Waals surface area contributed by atoms with Gasteiger partial charge >= 0.3 is 6.18 Å². The summed E-state index contributed by atoms with van der Waals surface area (Å²) in [5, 5.41) is 2.93. The first-order valence-electron chi connectivity index (χ1n) is 6.33. The molecule has 0 saturated heterocycles. The van der Waals surface area contributed by atoms with Crippen LogP contribution in [0.2, 0.25) is 0 Å². The molecule has 0 aliphatic heterocycles. The van der Waals surface area contributed by atoms with Gasteiger partial charge in [0.25, 0.3) is 0 Å². The van der Waals surface area contributed by atoms with Gasteiger partial charge in [0, 0.05) is 13.2 Å². The summed E-state index contributed by atoms with van der Waals surface area (Å²) in [5.74, 6) is -0.323. The van der Waals surface area contributed by atoms with Crippen molar-refractivity contribution in [1.82, 2.24) is 5.32 Å². The van der Waals surface area contributed by atoms with Crippen LogP contribution in [-0.4, -0.2) is 40.5 Å². The van der Waals surface area contributed by atoms with E-state index in [0.29, 0.717) is 12.6 Å². The molecule has 0 saturated carbocycles. The number of hydrogen-bond acceptors (Lipinski definition) is 4. The van der Waals surface area contributed by atoms with E-state index < -0.39 is 27.6 Å². The highest BCUT2D eigenvalue weighted by atomic mass is 32.2. The molecule has 0 aliphatic carbocycles. The molecule has 0 fully saturated rings. The number of methoxy groups -OCH3 is 1. The first-order chi connectivity index (χ1) is 9.70. The molecule has 0 amide bonds. The lowest BCUT2D eigenvalue weighted by Gasteiger charge is -2.17. The molecule has 1 aromatic rings. The lowest BCUT2D eigenvalue weighted by Crippen LogP contribution is -2.39. The van der Waals surface area contributed by atoms with Gasteiger partial charge in [-0.15, -0.1) is 0 Å². The maximum Gasteiger partial charge on any atom is 0.416 e. The van der Waals surface area contributed by atoms with Crippen LogP contribution in [0.1, 0.15) is 12.5 Å². The fourth-order valence-electron chi connectivity index (χ4n) is 1.88. The van der Waals surface area contributed by atoms with Gasteiger partial charge in [0.2, 0.25) is 0 Å². The molecule has 0 aromatic heterocycles. The van der Waals surface area contributed by atoms with Gasteiger partial charge in [-0.1, -0.05) is 13.0 Å². The van der Waals surface area contributed by atoms with Crippen molar-refractivity contribution in [2.24, 2.45) is 0 Å². The third-order valence-electron chi connectivity index (χ3n) is 2.80. The zero-order valence-electron chi connectivity index (χ0n) is 11.8. The summed E-state index contributed by atoms with van der Waals surface area (Å²) in [7, 11) is -2.40. The van der Waals surface area contributed by atoms with Crippen LogP contribution < -0.4 is 5.32 Å². The van der Waals surface area contributed by atoms with Gasteiger partial charge in [0.05, 0.1) is 22.8 Å². The quantitative estimate of drug-likeness (QED) is 0.834. The zero-order valence-corrected chi connectivity index (χ0v) is 12.6. The summed E-state index contributed by atoms with van der Waals surface area (Å²) in [5.41, 5.74) is -0.977. The van der Waals surface area contributed by atoms with E-state index in [1.54, 1.807) is 6.92 Å². The van der Waals surface area contributed by atoms with Crippen LogP contribution in [0.15, 0.2) is 29.2 Å². The Balaban J connectivity index is 3.02. The van der Waals surface area contributed by atoms with Crippen molar-refractivity contribution >= 4 is 9.84 Å². The fourth-order valence-corrected chi connectivity index (χ4v) is 3.41. The van der Waals surface area contributed by atoms with Gasteiger partial charge in [-0.25, -0.2) is 8.42 Å². The smallest absolute Gasteiger partial charge is 0.383 e. The minimum absolute atomic E-state index is 0.159. The normalized spacial score (nSPS) is 14.1. The molecule has 0 spiro atoms. The summed E-state index contributed by atoms with van der Waals surface area (Å²) >= 11 is 0. The van der Waals surface area contributed by atoms with Crippen LogP contribution in [0.4, 0.5) is 13.2 Å². The Bertz CT molecular complexity index is 552. The second kappa shape index (κ2) is 7.24. The summed E-state index contributed by atoms with van der Waals surface area (Å²) in [6.07, 6.45) is -4.57. The molecule has 0 bridgehead atoms. The van der Waals surface area contributed by atoms with Crippen molar-refractivity contribution in [3.63, 3.8) is 0 Å². The molecular weight excluding hydrogens is 307 g/mol. The number of sulfone groups is 1. The molecule has 120 valence electrons. The Morgan fingerprint density at radius 2 is 2.00 bits per heavy atom. The van der Waals surface area contributed by atoms with Gasteiger partial charge in [0.15, 0.2) is 9.84 Å². The van der Waals surface area contributed by atoms with Crippen LogP contribution in [0.5, 0.6) is 0 Å². The molecule has 1 N–H and O–H groups in total. The first-order valence-corrected chi connectivity index (χ1v) is 7.98. The Morgan fingerprint density at radius 3 is 2.52 bits per heavy atom. The Kier molecular flexibility index (Phi) is 6.18. The SMILES string of the molecule is CCNC(COC)CS(=O)(=O)c1cccc(C(F)(F)F)c1. The van der Waals surface area contributed by atoms with Gasteiger partial charge in [-0.2, -0.15) is 13.2 Å². The van der Waals surface area contributed by atoms with Crippen molar-refractivity contribution in [3.05, 3.63) is 29.8 Å². The fraction of sp³-hybridized carbons (Fsp3) is 0.538. The van der Waals surface area contributed by atoms with Crippen molar-refractivity contribution in [2.75, 3.05) is 26.0 Å². The highest BCUT2D eigenvalue weighted by molar-refractivity contribution is 7.91. The number of alkyl halides is 3. The van der Waals surface area contributed by atoms with Gasteiger partial charge in [-0.3, -0.25) is 0 Å². The topological polar surface area (TPSA) is 55.4 Å². The predicted molar refractivity (Wildman–Crippen MR) is 72.8 cm³/mol. The maximum atomic E-state index is 12.6. The third-order valence-corrected chi connectivity index (χ3v) is 4.62. The highest BCUT2D eigenvalue weighted by Crippen LogP contribution is 2.30. The number of ether oxygens (including phenoxy) is 1. The van der Waals surface area contributed by atoms with Crippen LogP contribution in [-0.2, 0) is 20.8 Å². The summed E-state index contributed by atoms with van der Waals surface area (Å²) < 4.78 is 67.2. The second-order valence-corrected chi connectivity index (χ2v) is 6.55. The van der Waals surface area contributed by atoms with E-state index in [1.165, 1.54) is 13.2 Å². The van der Waals surface area contributed by atoms with Crippen LogP contribution in [0, 0.1) is 0 Å². The molecule has 1 unspecified atom stereocenters. The monoisotopic (exact) mass is 325 g/mol. The number of rotatable bonds is 7. The number of likely N-dealkylation sites (N-methyl/N-ethyl adjacent to an activating group) is 1. The van der Waals surface area contributed by atoms with E-state index in [0.717, 1.165) is 12.1 Å². The Hall–Kier alpha value is -1.12. The zero-order chi connectivity index (χ0) is 16.1. The molecular formula is C13H18F3NO3S. The van der Waals surface area contributed by atoms with Gasteiger partial charge in [0.1, 0.15) is 0 Å². The van der Waals surface area contributed by atoms with Crippen LogP contribution in [0.3, 0.4) is 0 Å². The maximum absolute atomic E-state index is 12.6. The first kappa shape index (κ1) is 17.9. The second-order valence-electron chi connectivity index (χ2n) is 4.52. The van der Waals surface area contributed by atoms with E-state index in [2.05, 4.69) is 5.32 Å². The standard InChI is InChI=1S/C13H18F3NO3S/c1-3-17-11(8-20-2)9-21(18,19)12-6-4-5-10(7-12)13(14,15)16/h4-7,11,17H,3,8-9H2,1-2H3. The van der Waals surface area contributed by atoms with E-state index >= 15 is 0 Å². The number of benzene rings is 1. The summed E-state index contributed by atoms with van der Waals surface area (Å²) in [6.45, 7) is 2.50. The number of nitrogens with one attached hydrogen (secondary N) is 1. The third kappa shape index (κ3) is 5.29. The minimum atomic E-state index is -4.57. The lowest BCUT2D eigenvalue weighted by atomic mass is 10.2. The van der Waals surface area contributed by atoms with Crippen molar-refractivity contribution in [3.8, 4) is 0 Å². The number of halogens is 3. The average molecular weight is 325 g/mol. The van der Waals surface area contributed by atoms with E-state index in [1.807, 2.05) is 0 Å². The van der Waals surface area contributed by atoms with Crippen LogP contribution in [0.25, 0.3) is 0 Å². The lowest BCUT2D eigenvalue weighted by molar-refractivity contribution is -0.137. The summed E-state index contributed by atoms with van der Waals surface area (Å²) in [6, 6.07) is 3.29. The molecule has 0 heterocycles. The van der Waals surface area contributed by atoms with E-state index in [-0.39, 0.29) is 17.3 Å². The summed E-state index contributed by atoms with van der Waals surface area (Å²) in [4.78, 5) is -0.337. The molecule has 1 atom stereocenters. The molecule has 1 rings (SSSR count). The molecule has 0 aliphatic rings. The van der Waals surface area contributed by atoms with Gasteiger partial charge in [-0.05, 0) is 24.7 Å². The van der Waals surface area contributed by atoms with Crippen molar-refractivity contribution < 1.29 is 26.3 Å². The highest BCUT2D eigenvalue weighted by Gasteiger charge is 2.32. The van der Waals surface area contributed by atoms with Crippen LogP contribution >= 0.6 is 0 Å². The minimum Gasteiger partial charge on any atom is -0.383 e. The van der Waals surface area contributed by atoms with E-state index in [4.69, 9.17) is 4.74 Å². The Morgan fingerprint density at radius 1 is 1.33 bits per heavy atom. The average Bonchev–Trinajstić information content (AvgIpc) is 2.38. The molecule has 4 nitrogen and oxygen atoms in total. The van der Waals surface area contributed by atoms with Gasteiger partial charge < -0.3 is 10.1 Å². The van der Waals surface area contributed by atoms with E-state index in [9.17, 15) is 21.6 Å². The predicted octanol–water partition coefficient (Wildman–Crippen LogP) is 2.10. The largest absolute Gasteiger partial charge is 0.416 e. The molecule has 21 heavy (non-hydrogen) atoms. The molecule has 8 heteroatoms. The molecule has 0 radical (unpaired) electrons.